The van der Waals surface area contributed by atoms with E-state index in [1.807, 2.05) is 0 Å². The van der Waals surface area contributed by atoms with Crippen molar-refractivity contribution < 1.29 is 13.2 Å². The van der Waals surface area contributed by atoms with Crippen molar-refractivity contribution in [1.82, 2.24) is 9.03 Å². The molecule has 2 fully saturated rings. The summed E-state index contributed by atoms with van der Waals surface area (Å²) in [6.07, 6.45) is 11.6. The number of nitrogens with one attached hydrogen (secondary N) is 1. The lowest BCUT2D eigenvalue weighted by Gasteiger charge is -2.22. The summed E-state index contributed by atoms with van der Waals surface area (Å²) in [6.45, 7) is 2.46. The van der Waals surface area contributed by atoms with Crippen LogP contribution in [-0.4, -0.2) is 45.1 Å². The Balaban J connectivity index is 1.60. The second kappa shape index (κ2) is 9.08. The van der Waals surface area contributed by atoms with Crippen LogP contribution in [0.4, 0.5) is 0 Å². The highest BCUT2D eigenvalue weighted by Gasteiger charge is 2.22. The van der Waals surface area contributed by atoms with E-state index in [0.29, 0.717) is 32.3 Å². The summed E-state index contributed by atoms with van der Waals surface area (Å²) < 4.78 is 34.5. The van der Waals surface area contributed by atoms with E-state index >= 15 is 0 Å². The van der Waals surface area contributed by atoms with Crippen LogP contribution in [0.1, 0.15) is 64.2 Å². The summed E-state index contributed by atoms with van der Waals surface area (Å²) >= 11 is 0. The van der Waals surface area contributed by atoms with Gasteiger partial charge >= 0.3 is 0 Å². The molecular weight excluding hydrogens is 288 g/mol. The molecule has 0 atom stereocenters. The average molecular weight is 318 g/mol. The molecule has 2 rings (SSSR count). The fourth-order valence-corrected chi connectivity index (χ4v) is 4.45. The molecule has 5 nitrogen and oxygen atoms in total. The van der Waals surface area contributed by atoms with Crippen LogP contribution in [0.15, 0.2) is 0 Å². The highest BCUT2D eigenvalue weighted by Crippen LogP contribution is 2.20. The molecule has 0 aromatic rings. The summed E-state index contributed by atoms with van der Waals surface area (Å²) in [7, 11) is -3.28. The summed E-state index contributed by atoms with van der Waals surface area (Å²) in [5.74, 6) is 0. The van der Waals surface area contributed by atoms with Gasteiger partial charge in [0.25, 0.3) is 10.2 Å². The number of hydrogen-bond donors (Lipinski definition) is 1. The number of nitrogens with zero attached hydrogens (tertiary/aromatic N) is 1. The minimum atomic E-state index is -3.28. The van der Waals surface area contributed by atoms with Gasteiger partial charge in [-0.15, -0.1) is 0 Å². The Bertz CT molecular complexity index is 372. The lowest BCUT2D eigenvalue weighted by molar-refractivity contribution is 0.0277. The Kier molecular flexibility index (Phi) is 7.43. The standard InChI is InChI=1S/C15H30N2O3S/c18-21(19,17-12-6-1-2-7-13-17)16-11-8-14-20-15-9-4-3-5-10-15/h15-16H,1-14H2. The van der Waals surface area contributed by atoms with Gasteiger partial charge in [-0.3, -0.25) is 0 Å². The van der Waals surface area contributed by atoms with Crippen molar-refractivity contribution in [2.75, 3.05) is 26.2 Å². The second-order valence-electron chi connectivity index (χ2n) is 6.20. The summed E-state index contributed by atoms with van der Waals surface area (Å²) in [6, 6.07) is 0. The van der Waals surface area contributed by atoms with Crippen LogP contribution in [0.25, 0.3) is 0 Å². The Morgan fingerprint density at radius 3 is 2.24 bits per heavy atom. The van der Waals surface area contributed by atoms with E-state index in [2.05, 4.69) is 4.72 Å². The topological polar surface area (TPSA) is 58.6 Å². The molecule has 0 radical (unpaired) electrons. The molecular formula is C15H30N2O3S. The van der Waals surface area contributed by atoms with Crippen LogP contribution in [-0.2, 0) is 14.9 Å². The van der Waals surface area contributed by atoms with Crippen LogP contribution < -0.4 is 4.72 Å². The molecule has 1 aliphatic heterocycles. The molecule has 1 saturated heterocycles. The Morgan fingerprint density at radius 1 is 0.952 bits per heavy atom. The van der Waals surface area contributed by atoms with Crippen molar-refractivity contribution in [1.29, 1.82) is 0 Å². The number of ether oxygens (including phenoxy) is 1. The van der Waals surface area contributed by atoms with Crippen molar-refractivity contribution >= 4 is 10.2 Å². The van der Waals surface area contributed by atoms with E-state index in [1.54, 1.807) is 4.31 Å². The van der Waals surface area contributed by atoms with Crippen molar-refractivity contribution in [2.45, 2.75) is 70.3 Å². The van der Waals surface area contributed by atoms with Gasteiger partial charge < -0.3 is 4.74 Å². The molecule has 0 aromatic heterocycles. The van der Waals surface area contributed by atoms with Crippen LogP contribution in [0.5, 0.6) is 0 Å². The third-order valence-electron chi connectivity index (χ3n) is 4.42. The molecule has 1 saturated carbocycles. The first-order valence-electron chi connectivity index (χ1n) is 8.55. The molecule has 0 aromatic carbocycles. The zero-order valence-corrected chi connectivity index (χ0v) is 13.9. The minimum Gasteiger partial charge on any atom is -0.378 e. The van der Waals surface area contributed by atoms with E-state index < -0.39 is 10.2 Å². The predicted molar refractivity (Wildman–Crippen MR) is 84.4 cm³/mol. The summed E-state index contributed by atoms with van der Waals surface area (Å²) in [5, 5.41) is 0. The third-order valence-corrected chi connectivity index (χ3v) is 6.03. The minimum absolute atomic E-state index is 0.404. The fraction of sp³-hybridized carbons (Fsp3) is 1.00. The molecule has 0 amide bonds. The molecule has 124 valence electrons. The van der Waals surface area contributed by atoms with Gasteiger partial charge in [-0.1, -0.05) is 32.1 Å². The quantitative estimate of drug-likeness (QED) is 0.734. The molecule has 0 bridgehead atoms. The van der Waals surface area contributed by atoms with E-state index in [0.717, 1.165) is 32.1 Å². The molecule has 0 spiro atoms. The molecule has 21 heavy (non-hydrogen) atoms. The van der Waals surface area contributed by atoms with Crippen molar-refractivity contribution in [3.63, 3.8) is 0 Å². The average Bonchev–Trinajstić information content (AvgIpc) is 2.77. The lowest BCUT2D eigenvalue weighted by atomic mass is 9.98. The summed E-state index contributed by atoms with van der Waals surface area (Å²) in [5.41, 5.74) is 0. The largest absolute Gasteiger partial charge is 0.378 e. The van der Waals surface area contributed by atoms with E-state index in [4.69, 9.17) is 4.74 Å². The zero-order valence-electron chi connectivity index (χ0n) is 13.1. The first-order chi connectivity index (χ1) is 10.2. The van der Waals surface area contributed by atoms with Crippen LogP contribution >= 0.6 is 0 Å². The van der Waals surface area contributed by atoms with Gasteiger partial charge in [0.2, 0.25) is 0 Å². The van der Waals surface area contributed by atoms with Gasteiger partial charge in [-0.05, 0) is 32.1 Å². The first kappa shape index (κ1) is 17.2. The van der Waals surface area contributed by atoms with Crippen molar-refractivity contribution in [3.05, 3.63) is 0 Å². The second-order valence-corrected chi connectivity index (χ2v) is 7.95. The molecule has 1 aliphatic carbocycles. The van der Waals surface area contributed by atoms with E-state index in [9.17, 15) is 8.42 Å². The van der Waals surface area contributed by atoms with Gasteiger partial charge in [0.05, 0.1) is 6.10 Å². The van der Waals surface area contributed by atoms with Gasteiger partial charge in [0.1, 0.15) is 0 Å². The van der Waals surface area contributed by atoms with Crippen LogP contribution in [0.2, 0.25) is 0 Å². The molecule has 1 N–H and O–H groups in total. The van der Waals surface area contributed by atoms with Gasteiger partial charge in [-0.2, -0.15) is 12.7 Å². The SMILES string of the molecule is O=S(=O)(NCCCOC1CCCCC1)N1CCCCCC1. The van der Waals surface area contributed by atoms with Gasteiger partial charge in [0.15, 0.2) is 0 Å². The van der Waals surface area contributed by atoms with Crippen LogP contribution in [0, 0.1) is 0 Å². The molecule has 0 unspecified atom stereocenters. The molecule has 6 heteroatoms. The van der Waals surface area contributed by atoms with Gasteiger partial charge in [-0.25, -0.2) is 4.72 Å². The monoisotopic (exact) mass is 318 g/mol. The maximum absolute atomic E-state index is 12.2. The number of rotatable bonds is 7. The Hall–Kier alpha value is -0.170. The fourth-order valence-electron chi connectivity index (χ4n) is 3.13. The maximum Gasteiger partial charge on any atom is 0.279 e. The first-order valence-corrected chi connectivity index (χ1v) is 9.99. The van der Waals surface area contributed by atoms with E-state index in [-0.39, 0.29) is 0 Å². The maximum atomic E-state index is 12.2. The smallest absolute Gasteiger partial charge is 0.279 e. The highest BCUT2D eigenvalue weighted by atomic mass is 32.2. The van der Waals surface area contributed by atoms with Crippen molar-refractivity contribution in [3.8, 4) is 0 Å². The van der Waals surface area contributed by atoms with Crippen LogP contribution in [0.3, 0.4) is 0 Å². The van der Waals surface area contributed by atoms with Crippen molar-refractivity contribution in [2.24, 2.45) is 0 Å². The molecule has 1 heterocycles. The third kappa shape index (κ3) is 6.22. The van der Waals surface area contributed by atoms with Gasteiger partial charge in [0, 0.05) is 26.2 Å². The Labute approximate surface area is 129 Å². The Morgan fingerprint density at radius 2 is 1.57 bits per heavy atom. The molecule has 2 aliphatic rings. The highest BCUT2D eigenvalue weighted by molar-refractivity contribution is 7.87. The van der Waals surface area contributed by atoms with E-state index in [1.165, 1.54) is 32.1 Å². The zero-order chi connectivity index (χ0) is 15.0. The summed E-state index contributed by atoms with van der Waals surface area (Å²) in [4.78, 5) is 0. The predicted octanol–water partition coefficient (Wildman–Crippen LogP) is 2.44. The lowest BCUT2D eigenvalue weighted by Crippen LogP contribution is -2.41. The number of hydrogen-bond acceptors (Lipinski definition) is 3. The normalized spacial score (nSPS) is 23.0.